The quantitative estimate of drug-likeness (QED) is 0.454. The summed E-state index contributed by atoms with van der Waals surface area (Å²) in [6.07, 6.45) is 7.08. The van der Waals surface area contributed by atoms with E-state index < -0.39 is 0 Å². The number of rotatable bonds is 5. The van der Waals surface area contributed by atoms with Crippen molar-refractivity contribution in [2.24, 2.45) is 5.92 Å². The second-order valence-corrected chi connectivity index (χ2v) is 6.71. The fourth-order valence-electron chi connectivity index (χ4n) is 2.85. The number of halogens is 2. The molecule has 1 fully saturated rings. The van der Waals surface area contributed by atoms with Crippen molar-refractivity contribution in [3.05, 3.63) is 34.9 Å². The fraction of sp³-hybridized carbons (Fsp3) is 0.625. The molecule has 1 saturated carbocycles. The van der Waals surface area contributed by atoms with Crippen molar-refractivity contribution in [3.8, 4) is 0 Å². The van der Waals surface area contributed by atoms with E-state index >= 15 is 0 Å². The molecule has 0 bridgehead atoms. The summed E-state index contributed by atoms with van der Waals surface area (Å²) in [5, 5.41) is 0.791. The largest absolute Gasteiger partial charge is 0.369 e. The van der Waals surface area contributed by atoms with E-state index in [1.54, 1.807) is 0 Å². The molecule has 0 aromatic heterocycles. The molecule has 2 rings (SSSR count). The van der Waals surface area contributed by atoms with Crippen LogP contribution in [0.25, 0.3) is 0 Å². The first-order valence-corrected chi connectivity index (χ1v) is 9.10. The summed E-state index contributed by atoms with van der Waals surface area (Å²) in [4.78, 5) is 0. The minimum atomic E-state index is 0.207. The molecule has 1 aromatic rings. The molecule has 19 heavy (non-hydrogen) atoms. The van der Waals surface area contributed by atoms with Gasteiger partial charge in [0.15, 0.2) is 0 Å². The molecule has 0 aliphatic heterocycles. The molecule has 3 heteroatoms. The zero-order valence-corrected chi connectivity index (χ0v) is 14.4. The van der Waals surface area contributed by atoms with E-state index in [9.17, 15) is 0 Å². The molecular weight excluding hydrogens is 371 g/mol. The van der Waals surface area contributed by atoms with Gasteiger partial charge in [-0.3, -0.25) is 0 Å². The molecule has 1 aromatic carbocycles. The van der Waals surface area contributed by atoms with Crippen LogP contribution >= 0.6 is 34.2 Å². The van der Waals surface area contributed by atoms with Gasteiger partial charge in [0.25, 0.3) is 0 Å². The lowest BCUT2D eigenvalue weighted by molar-refractivity contribution is -0.0305. The second kappa shape index (κ2) is 7.84. The standard InChI is InChI=1S/C16H22ClIO/c1-2-12-4-3-5-15(10-12)19-16(11-18)13-6-8-14(17)9-7-13/h6-9,12,15-16H,2-5,10-11H2,1H3. The Labute approximate surface area is 135 Å². The Morgan fingerprint density at radius 3 is 2.68 bits per heavy atom. The van der Waals surface area contributed by atoms with Crippen LogP contribution in [0.15, 0.2) is 24.3 Å². The van der Waals surface area contributed by atoms with Crippen LogP contribution < -0.4 is 0 Å². The van der Waals surface area contributed by atoms with Gasteiger partial charge in [0.05, 0.1) is 12.2 Å². The smallest absolute Gasteiger partial charge is 0.0918 e. The average molecular weight is 393 g/mol. The van der Waals surface area contributed by atoms with Crippen LogP contribution in [0.2, 0.25) is 5.02 Å². The first kappa shape index (κ1) is 15.6. The van der Waals surface area contributed by atoms with Crippen molar-refractivity contribution >= 4 is 34.2 Å². The molecule has 0 amide bonds. The number of hydrogen-bond donors (Lipinski definition) is 0. The Hall–Kier alpha value is 0.200. The number of benzene rings is 1. The van der Waals surface area contributed by atoms with Crippen LogP contribution in [-0.2, 0) is 4.74 Å². The van der Waals surface area contributed by atoms with Crippen LogP contribution in [-0.4, -0.2) is 10.5 Å². The van der Waals surface area contributed by atoms with Gasteiger partial charge in [-0.05, 0) is 36.5 Å². The highest BCUT2D eigenvalue weighted by molar-refractivity contribution is 14.1. The summed E-state index contributed by atoms with van der Waals surface area (Å²) >= 11 is 8.36. The molecule has 0 saturated heterocycles. The monoisotopic (exact) mass is 392 g/mol. The zero-order valence-electron chi connectivity index (χ0n) is 11.4. The lowest BCUT2D eigenvalue weighted by atomic mass is 9.85. The molecule has 0 radical (unpaired) electrons. The van der Waals surface area contributed by atoms with Gasteiger partial charge >= 0.3 is 0 Å². The molecular formula is C16H22ClIO. The number of hydrogen-bond acceptors (Lipinski definition) is 1. The third-order valence-corrected chi connectivity index (χ3v) is 5.10. The van der Waals surface area contributed by atoms with Gasteiger partial charge in [-0.25, -0.2) is 0 Å². The van der Waals surface area contributed by atoms with Gasteiger partial charge in [0, 0.05) is 9.45 Å². The third-order valence-electron chi connectivity index (χ3n) is 4.05. The summed E-state index contributed by atoms with van der Waals surface area (Å²) in [5.74, 6) is 0.860. The van der Waals surface area contributed by atoms with Crippen LogP contribution in [0.3, 0.4) is 0 Å². The lowest BCUT2D eigenvalue weighted by Crippen LogP contribution is -2.25. The van der Waals surface area contributed by atoms with Crippen molar-refractivity contribution in [3.63, 3.8) is 0 Å². The summed E-state index contributed by atoms with van der Waals surface area (Å²) in [6.45, 7) is 2.29. The molecule has 0 spiro atoms. The van der Waals surface area contributed by atoms with E-state index in [0.29, 0.717) is 6.10 Å². The molecule has 0 N–H and O–H groups in total. The van der Waals surface area contributed by atoms with Gasteiger partial charge in [-0.1, -0.05) is 72.5 Å². The molecule has 1 aliphatic carbocycles. The van der Waals surface area contributed by atoms with Crippen molar-refractivity contribution in [1.82, 2.24) is 0 Å². The lowest BCUT2D eigenvalue weighted by Gasteiger charge is -2.31. The minimum absolute atomic E-state index is 0.207. The van der Waals surface area contributed by atoms with E-state index in [2.05, 4.69) is 41.6 Å². The van der Waals surface area contributed by atoms with Gasteiger partial charge in [-0.15, -0.1) is 0 Å². The minimum Gasteiger partial charge on any atom is -0.369 e. The van der Waals surface area contributed by atoms with Gasteiger partial charge in [0.2, 0.25) is 0 Å². The molecule has 106 valence electrons. The normalized spacial score (nSPS) is 25.2. The van der Waals surface area contributed by atoms with E-state index in [1.807, 2.05) is 12.1 Å². The predicted molar refractivity (Wildman–Crippen MR) is 90.2 cm³/mol. The molecule has 0 heterocycles. The summed E-state index contributed by atoms with van der Waals surface area (Å²) in [7, 11) is 0. The van der Waals surface area contributed by atoms with Gasteiger partial charge in [-0.2, -0.15) is 0 Å². The zero-order chi connectivity index (χ0) is 13.7. The Morgan fingerprint density at radius 2 is 2.05 bits per heavy atom. The van der Waals surface area contributed by atoms with Crippen molar-refractivity contribution < 1.29 is 4.74 Å². The highest BCUT2D eigenvalue weighted by atomic mass is 127. The van der Waals surface area contributed by atoms with Crippen LogP contribution in [0.1, 0.15) is 50.7 Å². The topological polar surface area (TPSA) is 9.23 Å². The second-order valence-electron chi connectivity index (χ2n) is 5.39. The number of ether oxygens (including phenoxy) is 1. The summed E-state index contributed by atoms with van der Waals surface area (Å²) in [5.41, 5.74) is 1.25. The fourth-order valence-corrected chi connectivity index (χ4v) is 3.69. The predicted octanol–water partition coefficient (Wildman–Crippen LogP) is 5.80. The highest BCUT2D eigenvalue weighted by Gasteiger charge is 2.24. The summed E-state index contributed by atoms with van der Waals surface area (Å²) < 4.78 is 7.34. The Bertz CT molecular complexity index is 379. The van der Waals surface area contributed by atoms with Crippen molar-refractivity contribution in [2.45, 2.75) is 51.2 Å². The highest BCUT2D eigenvalue weighted by Crippen LogP contribution is 2.32. The van der Waals surface area contributed by atoms with Crippen LogP contribution in [0, 0.1) is 5.92 Å². The molecule has 1 nitrogen and oxygen atoms in total. The van der Waals surface area contributed by atoms with E-state index in [0.717, 1.165) is 15.4 Å². The Morgan fingerprint density at radius 1 is 1.32 bits per heavy atom. The maximum Gasteiger partial charge on any atom is 0.0918 e. The van der Waals surface area contributed by atoms with Crippen molar-refractivity contribution in [1.29, 1.82) is 0 Å². The average Bonchev–Trinajstić information content (AvgIpc) is 2.46. The number of alkyl halides is 1. The third kappa shape index (κ3) is 4.61. The Kier molecular flexibility index (Phi) is 6.43. The van der Waals surface area contributed by atoms with E-state index in [4.69, 9.17) is 16.3 Å². The maximum atomic E-state index is 6.35. The first-order chi connectivity index (χ1) is 9.22. The van der Waals surface area contributed by atoms with E-state index in [1.165, 1.54) is 37.7 Å². The Balaban J connectivity index is 1.96. The summed E-state index contributed by atoms with van der Waals surface area (Å²) in [6, 6.07) is 8.09. The van der Waals surface area contributed by atoms with Crippen molar-refractivity contribution in [2.75, 3.05) is 4.43 Å². The molecule has 3 atom stereocenters. The molecule has 1 aliphatic rings. The van der Waals surface area contributed by atoms with Crippen LogP contribution in [0.5, 0.6) is 0 Å². The van der Waals surface area contributed by atoms with Gasteiger partial charge < -0.3 is 4.74 Å². The van der Waals surface area contributed by atoms with Gasteiger partial charge in [0.1, 0.15) is 0 Å². The maximum absolute atomic E-state index is 6.35. The van der Waals surface area contributed by atoms with Crippen LogP contribution in [0.4, 0.5) is 0 Å². The first-order valence-electron chi connectivity index (χ1n) is 7.19. The molecule has 3 unspecified atom stereocenters. The van der Waals surface area contributed by atoms with E-state index in [-0.39, 0.29) is 6.10 Å². The SMILES string of the molecule is CCC1CCCC(OC(CI)c2ccc(Cl)cc2)C1.